The SMILES string of the molecule is CCCCNC(=NC)NCc1ccc(CS(=O)(=O)NC)cc1.I. The lowest BCUT2D eigenvalue weighted by molar-refractivity contribution is 0.587. The highest BCUT2D eigenvalue weighted by Crippen LogP contribution is 2.07. The number of nitrogens with zero attached hydrogens (tertiary/aromatic N) is 1. The maximum Gasteiger partial charge on any atom is 0.215 e. The summed E-state index contributed by atoms with van der Waals surface area (Å²) in [5.41, 5.74) is 1.84. The number of hydrogen-bond donors (Lipinski definition) is 3. The van der Waals surface area contributed by atoms with E-state index in [1.165, 1.54) is 7.05 Å². The molecule has 0 unspecified atom stereocenters. The number of halogens is 1. The van der Waals surface area contributed by atoms with Gasteiger partial charge < -0.3 is 10.6 Å². The maximum absolute atomic E-state index is 11.5. The van der Waals surface area contributed by atoms with Crippen molar-refractivity contribution in [2.45, 2.75) is 32.1 Å². The lowest BCUT2D eigenvalue weighted by Crippen LogP contribution is -2.37. The number of nitrogens with one attached hydrogen (secondary N) is 3. The van der Waals surface area contributed by atoms with E-state index in [0.717, 1.165) is 36.5 Å². The van der Waals surface area contributed by atoms with Crippen molar-refractivity contribution in [3.8, 4) is 0 Å². The van der Waals surface area contributed by atoms with Crippen molar-refractivity contribution < 1.29 is 8.42 Å². The molecule has 0 aliphatic heterocycles. The normalized spacial score (nSPS) is 11.7. The molecule has 0 spiro atoms. The van der Waals surface area contributed by atoms with Crippen molar-refractivity contribution in [3.63, 3.8) is 0 Å². The molecule has 8 heteroatoms. The highest BCUT2D eigenvalue weighted by Gasteiger charge is 2.08. The van der Waals surface area contributed by atoms with Gasteiger partial charge in [-0.15, -0.1) is 24.0 Å². The molecule has 1 aromatic carbocycles. The number of aliphatic imine (C=N–C) groups is 1. The van der Waals surface area contributed by atoms with E-state index in [1.54, 1.807) is 7.05 Å². The molecule has 0 aromatic heterocycles. The van der Waals surface area contributed by atoms with Crippen molar-refractivity contribution in [2.24, 2.45) is 4.99 Å². The molecule has 6 nitrogen and oxygen atoms in total. The van der Waals surface area contributed by atoms with Gasteiger partial charge in [0.2, 0.25) is 10.0 Å². The summed E-state index contributed by atoms with van der Waals surface area (Å²) in [4.78, 5) is 4.16. The van der Waals surface area contributed by atoms with Crippen LogP contribution in [-0.4, -0.2) is 35.0 Å². The predicted molar refractivity (Wildman–Crippen MR) is 107 cm³/mol. The fourth-order valence-corrected chi connectivity index (χ4v) is 2.61. The van der Waals surface area contributed by atoms with E-state index >= 15 is 0 Å². The first-order valence-electron chi connectivity index (χ1n) is 7.44. The Labute approximate surface area is 156 Å². The Morgan fingerprint density at radius 1 is 1.13 bits per heavy atom. The first-order chi connectivity index (χ1) is 10.5. The summed E-state index contributed by atoms with van der Waals surface area (Å²) in [6, 6.07) is 7.51. The lowest BCUT2D eigenvalue weighted by atomic mass is 10.1. The Kier molecular flexibility index (Phi) is 11.2. The second kappa shape index (κ2) is 11.6. The van der Waals surface area contributed by atoms with E-state index in [9.17, 15) is 8.42 Å². The second-order valence-electron chi connectivity index (χ2n) is 4.99. The van der Waals surface area contributed by atoms with Gasteiger partial charge in [0.1, 0.15) is 0 Å². The third-order valence-electron chi connectivity index (χ3n) is 3.20. The zero-order valence-electron chi connectivity index (χ0n) is 13.9. The summed E-state index contributed by atoms with van der Waals surface area (Å²) >= 11 is 0. The first-order valence-corrected chi connectivity index (χ1v) is 9.09. The van der Waals surface area contributed by atoms with E-state index in [2.05, 4.69) is 27.3 Å². The average molecular weight is 454 g/mol. The van der Waals surface area contributed by atoms with Crippen LogP contribution in [0.25, 0.3) is 0 Å². The Balaban J connectivity index is 0.00000484. The fourth-order valence-electron chi connectivity index (χ4n) is 1.83. The van der Waals surface area contributed by atoms with Crippen LogP contribution in [0.5, 0.6) is 0 Å². The molecule has 1 rings (SSSR count). The van der Waals surface area contributed by atoms with E-state index in [1.807, 2.05) is 24.3 Å². The molecule has 0 fully saturated rings. The number of sulfonamides is 1. The van der Waals surface area contributed by atoms with Crippen LogP contribution in [0, 0.1) is 0 Å². The number of unbranched alkanes of at least 4 members (excludes halogenated alkanes) is 1. The highest BCUT2D eigenvalue weighted by molar-refractivity contribution is 14.0. The van der Waals surface area contributed by atoms with E-state index < -0.39 is 10.0 Å². The van der Waals surface area contributed by atoms with Gasteiger partial charge in [0, 0.05) is 20.1 Å². The van der Waals surface area contributed by atoms with Gasteiger partial charge in [-0.05, 0) is 24.6 Å². The van der Waals surface area contributed by atoms with Gasteiger partial charge in [0.15, 0.2) is 5.96 Å². The number of rotatable bonds is 8. The monoisotopic (exact) mass is 454 g/mol. The molecule has 0 radical (unpaired) electrons. The maximum atomic E-state index is 11.5. The van der Waals surface area contributed by atoms with Gasteiger partial charge in [0.05, 0.1) is 5.75 Å². The van der Waals surface area contributed by atoms with Crippen LogP contribution < -0.4 is 15.4 Å². The van der Waals surface area contributed by atoms with Crippen molar-refractivity contribution >= 4 is 40.0 Å². The standard InChI is InChI=1S/C15H26N4O2S.HI/c1-4-5-10-18-15(16-2)19-11-13-6-8-14(9-7-13)12-22(20,21)17-3;/h6-9,17H,4-5,10-12H2,1-3H3,(H2,16,18,19);1H. The summed E-state index contributed by atoms with van der Waals surface area (Å²) in [5, 5.41) is 6.47. The van der Waals surface area contributed by atoms with Crippen LogP contribution >= 0.6 is 24.0 Å². The van der Waals surface area contributed by atoms with Crippen LogP contribution in [0.1, 0.15) is 30.9 Å². The molecule has 0 saturated heterocycles. The second-order valence-corrected chi connectivity index (χ2v) is 6.91. The minimum absolute atomic E-state index is 0. The van der Waals surface area contributed by atoms with Crippen molar-refractivity contribution in [1.29, 1.82) is 0 Å². The van der Waals surface area contributed by atoms with E-state index in [0.29, 0.717) is 6.54 Å². The van der Waals surface area contributed by atoms with Crippen LogP contribution in [-0.2, 0) is 22.3 Å². The van der Waals surface area contributed by atoms with Crippen molar-refractivity contribution in [2.75, 3.05) is 20.6 Å². The van der Waals surface area contributed by atoms with Gasteiger partial charge in [-0.1, -0.05) is 37.6 Å². The van der Waals surface area contributed by atoms with Gasteiger partial charge >= 0.3 is 0 Å². The summed E-state index contributed by atoms with van der Waals surface area (Å²) < 4.78 is 25.3. The largest absolute Gasteiger partial charge is 0.356 e. The van der Waals surface area contributed by atoms with E-state index in [-0.39, 0.29) is 29.7 Å². The summed E-state index contributed by atoms with van der Waals surface area (Å²) in [5.74, 6) is 0.771. The Morgan fingerprint density at radius 3 is 2.26 bits per heavy atom. The lowest BCUT2D eigenvalue weighted by Gasteiger charge is -2.12. The molecule has 0 amide bonds. The molecule has 0 bridgehead atoms. The molecule has 23 heavy (non-hydrogen) atoms. The summed E-state index contributed by atoms with van der Waals surface area (Å²) in [6.45, 7) is 3.69. The van der Waals surface area contributed by atoms with Crippen LogP contribution in [0.3, 0.4) is 0 Å². The third-order valence-corrected chi connectivity index (χ3v) is 4.53. The average Bonchev–Trinajstić information content (AvgIpc) is 2.52. The van der Waals surface area contributed by atoms with Crippen LogP contribution in [0.2, 0.25) is 0 Å². The Bertz CT molecular complexity index is 574. The van der Waals surface area contributed by atoms with Crippen molar-refractivity contribution in [1.82, 2.24) is 15.4 Å². The van der Waals surface area contributed by atoms with E-state index in [4.69, 9.17) is 0 Å². The van der Waals surface area contributed by atoms with Gasteiger partial charge in [0.25, 0.3) is 0 Å². The molecule has 3 N–H and O–H groups in total. The predicted octanol–water partition coefficient (Wildman–Crippen LogP) is 1.82. The molecular formula is C15H27IN4O2S. The number of guanidine groups is 1. The molecule has 0 aliphatic carbocycles. The van der Waals surface area contributed by atoms with Crippen LogP contribution in [0.4, 0.5) is 0 Å². The molecule has 0 aliphatic rings. The molecule has 132 valence electrons. The quantitative estimate of drug-likeness (QED) is 0.242. The zero-order chi connectivity index (χ0) is 16.4. The summed E-state index contributed by atoms with van der Waals surface area (Å²) in [7, 11) is -0.0582. The van der Waals surface area contributed by atoms with Gasteiger partial charge in [-0.25, -0.2) is 13.1 Å². The molecular weight excluding hydrogens is 427 g/mol. The number of benzene rings is 1. The number of hydrogen-bond acceptors (Lipinski definition) is 3. The highest BCUT2D eigenvalue weighted by atomic mass is 127. The third kappa shape index (κ3) is 9.11. The molecule has 0 saturated carbocycles. The van der Waals surface area contributed by atoms with Gasteiger partial charge in [-0.2, -0.15) is 0 Å². The minimum atomic E-state index is -3.22. The molecule has 0 atom stereocenters. The van der Waals surface area contributed by atoms with Crippen LogP contribution in [0.15, 0.2) is 29.3 Å². The van der Waals surface area contributed by atoms with Crippen molar-refractivity contribution in [3.05, 3.63) is 35.4 Å². The Morgan fingerprint density at radius 2 is 1.74 bits per heavy atom. The zero-order valence-corrected chi connectivity index (χ0v) is 17.1. The molecule has 0 heterocycles. The fraction of sp³-hybridized carbons (Fsp3) is 0.533. The topological polar surface area (TPSA) is 82.6 Å². The first kappa shape index (κ1) is 22.1. The molecule has 1 aromatic rings. The smallest absolute Gasteiger partial charge is 0.215 e. The minimum Gasteiger partial charge on any atom is -0.356 e. The summed E-state index contributed by atoms with van der Waals surface area (Å²) in [6.07, 6.45) is 2.25. The van der Waals surface area contributed by atoms with Gasteiger partial charge in [-0.3, -0.25) is 4.99 Å². The Hall–Kier alpha value is -0.870.